The zero-order chi connectivity index (χ0) is 15.8. The van der Waals surface area contributed by atoms with Gasteiger partial charge in [0.2, 0.25) is 5.91 Å². The third kappa shape index (κ3) is 2.79. The third-order valence-corrected chi connectivity index (χ3v) is 5.61. The van der Waals surface area contributed by atoms with E-state index in [0.29, 0.717) is 19.4 Å². The number of carboxylic acids is 1. The number of carbonyl (C=O) groups is 2. The summed E-state index contributed by atoms with van der Waals surface area (Å²) >= 11 is 0. The summed E-state index contributed by atoms with van der Waals surface area (Å²) in [6.07, 6.45) is 1.80. The SMILES string of the molecule is CC1C(N)CCC(C(=O)NC2(C(=O)O)CCOC2)C1(C)C. The van der Waals surface area contributed by atoms with Gasteiger partial charge in [-0.05, 0) is 24.2 Å². The fourth-order valence-electron chi connectivity index (χ4n) is 3.53. The van der Waals surface area contributed by atoms with E-state index in [1.165, 1.54) is 0 Å². The molecule has 1 aliphatic heterocycles. The molecule has 4 unspecified atom stereocenters. The van der Waals surface area contributed by atoms with E-state index in [2.05, 4.69) is 12.2 Å². The molecule has 4 N–H and O–H groups in total. The second-order valence-corrected chi connectivity index (χ2v) is 7.08. The van der Waals surface area contributed by atoms with Crippen molar-refractivity contribution >= 4 is 11.9 Å². The second-order valence-electron chi connectivity index (χ2n) is 7.08. The number of carboxylic acid groups (broad SMARTS) is 1. The minimum atomic E-state index is -1.27. The van der Waals surface area contributed by atoms with E-state index >= 15 is 0 Å². The molecule has 1 saturated heterocycles. The average molecular weight is 298 g/mol. The first-order chi connectivity index (χ1) is 9.70. The van der Waals surface area contributed by atoms with E-state index in [9.17, 15) is 14.7 Å². The van der Waals surface area contributed by atoms with Crippen LogP contribution in [0, 0.1) is 17.3 Å². The zero-order valence-corrected chi connectivity index (χ0v) is 13.0. The Kier molecular flexibility index (Phi) is 4.31. The molecule has 2 aliphatic rings. The molecule has 21 heavy (non-hydrogen) atoms. The molecule has 0 spiro atoms. The summed E-state index contributed by atoms with van der Waals surface area (Å²) in [6.45, 7) is 6.55. The van der Waals surface area contributed by atoms with Crippen molar-refractivity contribution in [3.63, 3.8) is 0 Å². The smallest absolute Gasteiger partial charge is 0.331 e. The Hall–Kier alpha value is -1.14. The molecule has 1 saturated carbocycles. The first kappa shape index (κ1) is 16.2. The van der Waals surface area contributed by atoms with Crippen molar-refractivity contribution in [3.05, 3.63) is 0 Å². The Labute approximate surface area is 125 Å². The topological polar surface area (TPSA) is 102 Å². The summed E-state index contributed by atoms with van der Waals surface area (Å²) in [6, 6.07) is 0.0901. The number of hydrogen-bond donors (Lipinski definition) is 3. The molecule has 0 radical (unpaired) electrons. The van der Waals surface area contributed by atoms with Crippen LogP contribution in [0.4, 0.5) is 0 Å². The standard InChI is InChI=1S/C15H26N2O4/c1-9-11(16)5-4-10(14(9,2)3)12(18)17-15(13(19)20)6-7-21-8-15/h9-11H,4-8,16H2,1-3H3,(H,17,18)(H,19,20). The van der Waals surface area contributed by atoms with Gasteiger partial charge in [0.15, 0.2) is 5.54 Å². The van der Waals surface area contributed by atoms with Crippen molar-refractivity contribution in [2.45, 2.75) is 51.6 Å². The molecule has 4 atom stereocenters. The van der Waals surface area contributed by atoms with Gasteiger partial charge in [0.1, 0.15) is 0 Å². The highest BCUT2D eigenvalue weighted by molar-refractivity contribution is 5.89. The lowest BCUT2D eigenvalue weighted by Crippen LogP contribution is -2.60. The normalized spacial score (nSPS) is 39.0. The maximum Gasteiger partial charge on any atom is 0.331 e. The summed E-state index contributed by atoms with van der Waals surface area (Å²) in [5.74, 6) is -1.22. The van der Waals surface area contributed by atoms with Gasteiger partial charge in [0.05, 0.1) is 6.61 Å². The summed E-state index contributed by atoms with van der Waals surface area (Å²) < 4.78 is 5.18. The average Bonchev–Trinajstić information content (AvgIpc) is 2.85. The van der Waals surface area contributed by atoms with E-state index in [-0.39, 0.29) is 35.8 Å². The largest absolute Gasteiger partial charge is 0.479 e. The van der Waals surface area contributed by atoms with Crippen LogP contribution in [0.25, 0.3) is 0 Å². The summed E-state index contributed by atoms with van der Waals surface area (Å²) in [5, 5.41) is 12.2. The fourth-order valence-corrected chi connectivity index (χ4v) is 3.53. The lowest BCUT2D eigenvalue weighted by atomic mass is 9.60. The Balaban J connectivity index is 2.14. The molecule has 0 aromatic rings. The van der Waals surface area contributed by atoms with Gasteiger partial charge in [0.25, 0.3) is 0 Å². The summed E-state index contributed by atoms with van der Waals surface area (Å²) in [4.78, 5) is 24.2. The van der Waals surface area contributed by atoms with Gasteiger partial charge in [-0.25, -0.2) is 4.79 Å². The van der Waals surface area contributed by atoms with Gasteiger partial charge in [-0.15, -0.1) is 0 Å². The van der Waals surface area contributed by atoms with Crippen LogP contribution in [0.5, 0.6) is 0 Å². The predicted molar refractivity (Wildman–Crippen MR) is 77.6 cm³/mol. The quantitative estimate of drug-likeness (QED) is 0.713. The molecule has 120 valence electrons. The highest BCUT2D eigenvalue weighted by Gasteiger charge is 2.49. The van der Waals surface area contributed by atoms with Crippen LogP contribution in [-0.4, -0.2) is 41.8 Å². The highest BCUT2D eigenvalue weighted by Crippen LogP contribution is 2.44. The highest BCUT2D eigenvalue weighted by atomic mass is 16.5. The van der Waals surface area contributed by atoms with Crippen molar-refractivity contribution in [2.75, 3.05) is 13.2 Å². The molecule has 1 heterocycles. The molecular formula is C15H26N2O4. The van der Waals surface area contributed by atoms with Crippen molar-refractivity contribution in [2.24, 2.45) is 23.0 Å². The van der Waals surface area contributed by atoms with Gasteiger partial charge in [-0.1, -0.05) is 20.8 Å². The first-order valence-electron chi connectivity index (χ1n) is 7.59. The van der Waals surface area contributed by atoms with E-state index < -0.39 is 11.5 Å². The van der Waals surface area contributed by atoms with E-state index in [0.717, 1.165) is 6.42 Å². The predicted octanol–water partition coefficient (Wildman–Crippen LogP) is 0.746. The van der Waals surface area contributed by atoms with Crippen LogP contribution in [0.15, 0.2) is 0 Å². The molecule has 1 amide bonds. The van der Waals surface area contributed by atoms with Crippen molar-refractivity contribution < 1.29 is 19.4 Å². The van der Waals surface area contributed by atoms with Crippen LogP contribution in [0.3, 0.4) is 0 Å². The number of amides is 1. The van der Waals surface area contributed by atoms with Crippen LogP contribution >= 0.6 is 0 Å². The molecule has 1 aliphatic carbocycles. The molecule has 6 nitrogen and oxygen atoms in total. The maximum absolute atomic E-state index is 12.7. The van der Waals surface area contributed by atoms with E-state index in [4.69, 9.17) is 10.5 Å². The molecule has 0 bridgehead atoms. The van der Waals surface area contributed by atoms with Crippen molar-refractivity contribution in [1.82, 2.24) is 5.32 Å². The van der Waals surface area contributed by atoms with Crippen LogP contribution in [0.1, 0.15) is 40.0 Å². The number of nitrogens with two attached hydrogens (primary N) is 1. The van der Waals surface area contributed by atoms with Crippen LogP contribution < -0.4 is 11.1 Å². The summed E-state index contributed by atoms with van der Waals surface area (Å²) in [7, 11) is 0. The number of ether oxygens (including phenoxy) is 1. The zero-order valence-electron chi connectivity index (χ0n) is 13.0. The summed E-state index contributed by atoms with van der Waals surface area (Å²) in [5.41, 5.74) is 4.59. The van der Waals surface area contributed by atoms with Crippen molar-refractivity contribution in [1.29, 1.82) is 0 Å². The monoisotopic (exact) mass is 298 g/mol. The van der Waals surface area contributed by atoms with Crippen molar-refractivity contribution in [3.8, 4) is 0 Å². The minimum Gasteiger partial charge on any atom is -0.479 e. The number of carbonyl (C=O) groups excluding carboxylic acids is 1. The lowest BCUT2D eigenvalue weighted by molar-refractivity contribution is -0.150. The molecule has 2 fully saturated rings. The third-order valence-electron chi connectivity index (χ3n) is 5.61. The molecule has 0 aromatic carbocycles. The maximum atomic E-state index is 12.7. The lowest BCUT2D eigenvalue weighted by Gasteiger charge is -2.46. The Morgan fingerprint density at radius 3 is 2.52 bits per heavy atom. The number of rotatable bonds is 3. The molecule has 0 aromatic heterocycles. The second kappa shape index (κ2) is 5.57. The van der Waals surface area contributed by atoms with Gasteiger partial charge >= 0.3 is 5.97 Å². The molecular weight excluding hydrogens is 272 g/mol. The Bertz CT molecular complexity index is 429. The van der Waals surface area contributed by atoms with Gasteiger partial charge in [-0.2, -0.15) is 0 Å². The number of nitrogens with one attached hydrogen (secondary N) is 1. The number of hydrogen-bond acceptors (Lipinski definition) is 4. The van der Waals surface area contributed by atoms with Crippen LogP contribution in [0.2, 0.25) is 0 Å². The molecule has 6 heteroatoms. The van der Waals surface area contributed by atoms with E-state index in [1.54, 1.807) is 0 Å². The number of aliphatic carboxylic acids is 1. The minimum absolute atomic E-state index is 0.0380. The van der Waals surface area contributed by atoms with Gasteiger partial charge in [-0.3, -0.25) is 4.79 Å². The van der Waals surface area contributed by atoms with E-state index in [1.807, 2.05) is 13.8 Å². The Morgan fingerprint density at radius 2 is 2.00 bits per heavy atom. The van der Waals surface area contributed by atoms with Gasteiger partial charge in [0, 0.05) is 25.0 Å². The fraction of sp³-hybridized carbons (Fsp3) is 0.867. The van der Waals surface area contributed by atoms with Crippen LogP contribution in [-0.2, 0) is 14.3 Å². The van der Waals surface area contributed by atoms with Gasteiger partial charge < -0.3 is 20.9 Å². The Morgan fingerprint density at radius 1 is 1.33 bits per heavy atom. The molecule has 2 rings (SSSR count). The first-order valence-corrected chi connectivity index (χ1v) is 7.59.